The zero-order valence-corrected chi connectivity index (χ0v) is 12.5. The maximum absolute atomic E-state index is 13.0. The number of rotatable bonds is 4. The highest BCUT2D eigenvalue weighted by atomic mass is 19.1. The maximum Gasteiger partial charge on any atom is 0.123 e. The monoisotopic (exact) mass is 262 g/mol. The van der Waals surface area contributed by atoms with Gasteiger partial charge < -0.3 is 0 Å². The predicted molar refractivity (Wildman–Crippen MR) is 79.7 cm³/mol. The molecule has 19 heavy (non-hydrogen) atoms. The van der Waals surface area contributed by atoms with E-state index in [0.717, 1.165) is 17.8 Å². The third-order valence-corrected chi connectivity index (χ3v) is 5.13. The van der Waals surface area contributed by atoms with Crippen LogP contribution in [0.2, 0.25) is 0 Å². The number of hydrogen-bond acceptors (Lipinski definition) is 0. The van der Waals surface area contributed by atoms with Gasteiger partial charge in [-0.2, -0.15) is 0 Å². The van der Waals surface area contributed by atoms with Crippen molar-refractivity contribution < 1.29 is 4.39 Å². The Morgan fingerprint density at radius 1 is 1.21 bits per heavy atom. The molecule has 1 aromatic carbocycles. The van der Waals surface area contributed by atoms with Gasteiger partial charge in [0.05, 0.1) is 0 Å². The molecule has 1 fully saturated rings. The quantitative estimate of drug-likeness (QED) is 0.645. The van der Waals surface area contributed by atoms with Gasteiger partial charge in [-0.15, -0.1) is 0 Å². The smallest absolute Gasteiger partial charge is 0.123 e. The molecule has 2 rings (SSSR count). The molecule has 4 atom stereocenters. The van der Waals surface area contributed by atoms with Gasteiger partial charge in [-0.1, -0.05) is 45.7 Å². The summed E-state index contributed by atoms with van der Waals surface area (Å²) >= 11 is 0. The highest BCUT2D eigenvalue weighted by Gasteiger charge is 2.27. The number of benzene rings is 1. The average molecular weight is 262 g/mol. The van der Waals surface area contributed by atoms with Crippen LogP contribution in [-0.2, 0) is 0 Å². The topological polar surface area (TPSA) is 0 Å². The largest absolute Gasteiger partial charge is 0.207 e. The van der Waals surface area contributed by atoms with E-state index in [-0.39, 0.29) is 5.82 Å². The molecule has 0 aromatic heterocycles. The molecule has 0 amide bonds. The van der Waals surface area contributed by atoms with Gasteiger partial charge in [0, 0.05) is 0 Å². The molecule has 0 aliphatic heterocycles. The van der Waals surface area contributed by atoms with Crippen LogP contribution in [0.1, 0.15) is 64.4 Å². The van der Waals surface area contributed by atoms with Gasteiger partial charge in [0.1, 0.15) is 5.82 Å². The Balaban J connectivity index is 1.92. The molecule has 0 N–H and O–H groups in total. The Kier molecular flexibility index (Phi) is 5.01. The Bertz CT molecular complexity index is 381. The van der Waals surface area contributed by atoms with Crippen LogP contribution in [0.15, 0.2) is 24.3 Å². The summed E-state index contributed by atoms with van der Waals surface area (Å²) < 4.78 is 13.0. The van der Waals surface area contributed by atoms with E-state index in [9.17, 15) is 4.39 Å². The Hall–Kier alpha value is -0.850. The summed E-state index contributed by atoms with van der Waals surface area (Å²) in [6.45, 7) is 7.02. The zero-order valence-electron chi connectivity index (χ0n) is 12.5. The van der Waals surface area contributed by atoms with Crippen molar-refractivity contribution in [3.63, 3.8) is 0 Å². The standard InChI is InChI=1S/C18H27F/c1-4-15-5-6-17(13(2)11-15)12-14(3)16-7-9-18(19)10-8-16/h7-10,13-15,17H,4-6,11-12H2,1-3H3. The molecule has 1 heteroatoms. The van der Waals surface area contributed by atoms with E-state index < -0.39 is 0 Å². The summed E-state index contributed by atoms with van der Waals surface area (Å²) in [5, 5.41) is 0. The molecule has 0 radical (unpaired) electrons. The van der Waals surface area contributed by atoms with Crippen LogP contribution in [0.5, 0.6) is 0 Å². The van der Waals surface area contributed by atoms with Crippen LogP contribution in [0.3, 0.4) is 0 Å². The lowest BCUT2D eigenvalue weighted by Gasteiger charge is -2.35. The zero-order chi connectivity index (χ0) is 13.8. The van der Waals surface area contributed by atoms with Crippen molar-refractivity contribution in [2.45, 2.75) is 58.8 Å². The minimum absolute atomic E-state index is 0.132. The van der Waals surface area contributed by atoms with Gasteiger partial charge in [0.25, 0.3) is 0 Å². The van der Waals surface area contributed by atoms with Crippen LogP contribution in [0, 0.1) is 23.6 Å². The van der Waals surface area contributed by atoms with Crippen LogP contribution < -0.4 is 0 Å². The molecular weight excluding hydrogens is 235 g/mol. The first kappa shape index (κ1) is 14.6. The van der Waals surface area contributed by atoms with Crippen molar-refractivity contribution in [2.24, 2.45) is 17.8 Å². The minimum Gasteiger partial charge on any atom is -0.207 e. The number of halogens is 1. The molecule has 1 aromatic rings. The van der Waals surface area contributed by atoms with Crippen LogP contribution in [-0.4, -0.2) is 0 Å². The summed E-state index contributed by atoms with van der Waals surface area (Å²) in [6.07, 6.45) is 6.78. The van der Waals surface area contributed by atoms with Crippen LogP contribution in [0.4, 0.5) is 4.39 Å². The van der Waals surface area contributed by atoms with Gasteiger partial charge in [0.2, 0.25) is 0 Å². The average Bonchev–Trinajstić information content (AvgIpc) is 2.41. The first-order valence-electron chi connectivity index (χ1n) is 7.85. The molecule has 106 valence electrons. The highest BCUT2D eigenvalue weighted by molar-refractivity contribution is 5.19. The normalized spacial score (nSPS) is 29.2. The van der Waals surface area contributed by atoms with Crippen molar-refractivity contribution in [1.82, 2.24) is 0 Å². The second-order valence-corrected chi connectivity index (χ2v) is 6.51. The number of hydrogen-bond donors (Lipinski definition) is 0. The second-order valence-electron chi connectivity index (χ2n) is 6.51. The molecule has 1 saturated carbocycles. The third-order valence-electron chi connectivity index (χ3n) is 5.13. The maximum atomic E-state index is 13.0. The van der Waals surface area contributed by atoms with Gasteiger partial charge in [0.15, 0.2) is 0 Å². The fourth-order valence-corrected chi connectivity index (χ4v) is 3.67. The lowest BCUT2D eigenvalue weighted by Crippen LogP contribution is -2.23. The molecule has 0 spiro atoms. The summed E-state index contributed by atoms with van der Waals surface area (Å²) in [5.41, 5.74) is 1.28. The van der Waals surface area contributed by atoms with E-state index in [1.165, 1.54) is 37.7 Å². The van der Waals surface area contributed by atoms with E-state index >= 15 is 0 Å². The highest BCUT2D eigenvalue weighted by Crippen LogP contribution is 2.40. The Morgan fingerprint density at radius 3 is 2.47 bits per heavy atom. The SMILES string of the molecule is CCC1CCC(CC(C)c2ccc(F)cc2)C(C)C1. The minimum atomic E-state index is -0.132. The van der Waals surface area contributed by atoms with E-state index in [4.69, 9.17) is 0 Å². The van der Waals surface area contributed by atoms with E-state index in [2.05, 4.69) is 20.8 Å². The van der Waals surface area contributed by atoms with E-state index in [1.807, 2.05) is 12.1 Å². The Morgan fingerprint density at radius 2 is 1.89 bits per heavy atom. The van der Waals surface area contributed by atoms with Crippen molar-refractivity contribution in [3.05, 3.63) is 35.6 Å². The summed E-state index contributed by atoms with van der Waals surface area (Å²) in [6, 6.07) is 7.07. The van der Waals surface area contributed by atoms with Crippen LogP contribution >= 0.6 is 0 Å². The van der Waals surface area contributed by atoms with Gasteiger partial charge in [-0.05, 0) is 60.6 Å². The Labute approximate surface area is 117 Å². The first-order valence-corrected chi connectivity index (χ1v) is 7.85. The van der Waals surface area contributed by atoms with Crippen LogP contribution in [0.25, 0.3) is 0 Å². The molecule has 1 aliphatic rings. The lowest BCUT2D eigenvalue weighted by atomic mass is 9.70. The van der Waals surface area contributed by atoms with Crippen molar-refractivity contribution in [3.8, 4) is 0 Å². The summed E-state index contributed by atoms with van der Waals surface area (Å²) in [4.78, 5) is 0. The van der Waals surface area contributed by atoms with Gasteiger partial charge in [-0.3, -0.25) is 0 Å². The molecule has 0 heterocycles. The molecule has 0 nitrogen and oxygen atoms in total. The fraction of sp³-hybridized carbons (Fsp3) is 0.667. The summed E-state index contributed by atoms with van der Waals surface area (Å²) in [7, 11) is 0. The van der Waals surface area contributed by atoms with Crippen molar-refractivity contribution in [1.29, 1.82) is 0 Å². The molecule has 0 bridgehead atoms. The third kappa shape index (κ3) is 3.81. The van der Waals surface area contributed by atoms with E-state index in [0.29, 0.717) is 5.92 Å². The second kappa shape index (κ2) is 6.54. The lowest BCUT2D eigenvalue weighted by molar-refractivity contribution is 0.174. The summed E-state index contributed by atoms with van der Waals surface area (Å²) in [5.74, 6) is 3.07. The molecule has 4 unspecified atom stereocenters. The van der Waals surface area contributed by atoms with Gasteiger partial charge in [-0.25, -0.2) is 4.39 Å². The van der Waals surface area contributed by atoms with Gasteiger partial charge >= 0.3 is 0 Å². The molecule has 0 saturated heterocycles. The molecule has 1 aliphatic carbocycles. The molecular formula is C18H27F. The first-order chi connectivity index (χ1) is 9.10. The fourth-order valence-electron chi connectivity index (χ4n) is 3.67. The van der Waals surface area contributed by atoms with Crippen molar-refractivity contribution in [2.75, 3.05) is 0 Å². The van der Waals surface area contributed by atoms with Crippen molar-refractivity contribution >= 4 is 0 Å². The predicted octanol–water partition coefficient (Wildman–Crippen LogP) is 5.78. The van der Waals surface area contributed by atoms with E-state index in [1.54, 1.807) is 12.1 Å².